The minimum atomic E-state index is -1.61. The van der Waals surface area contributed by atoms with Crippen molar-refractivity contribution in [2.75, 3.05) is 22.9 Å². The standard InChI is InChI=1S/C27H39N2.C7H6.2CH3.2ClH.Ru/c1-18(2)22-11-9-12-23(19(3)4)26(22)28-15-16-29(17-28)27-24(20(5)6)13-10-14-25(27)21(7)8;1-7-5-3-2-4-6-7;;;;;/h9-14,17-21H,15-16H2,1-8H3;1-6H;2*1H3;2*1H;/q-1;;2*-1;;;+2/p-2. The quantitative estimate of drug-likeness (QED) is 0.181. The van der Waals surface area contributed by atoms with Crippen LogP contribution < -0.4 is 9.80 Å². The van der Waals surface area contributed by atoms with Gasteiger partial charge in [-0.25, -0.2) is 0 Å². The number of hydrogen-bond donors (Lipinski definition) is 0. The van der Waals surface area contributed by atoms with E-state index in [1.165, 1.54) is 33.6 Å². The van der Waals surface area contributed by atoms with Crippen LogP contribution in [0.3, 0.4) is 0 Å². The SMILES string of the molecule is CC(C)c1cccc(C(C)C)c1N1[CH-]N(c2c(C(C)C)cccc2C(C)C)CC1.[CH3-].[CH3-].[Cl][Ru]([Cl])=[CH]c1ccccc1. The van der Waals surface area contributed by atoms with Crippen molar-refractivity contribution >= 4 is 35.4 Å². The Balaban J connectivity index is 0.000000596. The van der Waals surface area contributed by atoms with Gasteiger partial charge >= 0.3 is 73.4 Å². The molecule has 4 rings (SSSR count). The van der Waals surface area contributed by atoms with Gasteiger partial charge in [0, 0.05) is 24.5 Å². The number of para-hydroxylation sites is 2. The third-order valence-corrected chi connectivity index (χ3v) is 8.99. The molecule has 0 aliphatic carbocycles. The van der Waals surface area contributed by atoms with Crippen molar-refractivity contribution in [2.45, 2.75) is 79.1 Å². The van der Waals surface area contributed by atoms with Crippen molar-refractivity contribution in [3.05, 3.63) is 116 Å². The second-order valence-corrected chi connectivity index (χ2v) is 17.1. The molecule has 1 fully saturated rings. The molecule has 0 bridgehead atoms. The Kier molecular flexibility index (Phi) is 15.9. The van der Waals surface area contributed by atoms with Crippen LogP contribution in [0.1, 0.15) is 107 Å². The van der Waals surface area contributed by atoms with Crippen LogP contribution in [0.4, 0.5) is 11.4 Å². The Morgan fingerprint density at radius 3 is 1.22 bits per heavy atom. The fourth-order valence-electron chi connectivity index (χ4n) is 5.14. The molecule has 3 aromatic carbocycles. The topological polar surface area (TPSA) is 6.48 Å². The van der Waals surface area contributed by atoms with Gasteiger partial charge in [0.25, 0.3) is 0 Å². The molecule has 0 spiro atoms. The second-order valence-electron chi connectivity index (χ2n) is 11.4. The summed E-state index contributed by atoms with van der Waals surface area (Å²) in [6, 6.07) is 23.6. The number of rotatable bonds is 7. The summed E-state index contributed by atoms with van der Waals surface area (Å²) in [6.07, 6.45) is 0. The first-order valence-electron chi connectivity index (χ1n) is 14.0. The molecule has 1 aliphatic heterocycles. The number of halogens is 2. The van der Waals surface area contributed by atoms with E-state index < -0.39 is 13.5 Å². The van der Waals surface area contributed by atoms with Gasteiger partial charge in [-0.2, -0.15) is 6.67 Å². The Bertz CT molecular complexity index is 1110. The average molecular weight is 684 g/mol. The molecular formula is C36H51Cl2N2Ru-3. The number of benzene rings is 3. The van der Waals surface area contributed by atoms with E-state index in [1.54, 1.807) is 0 Å². The van der Waals surface area contributed by atoms with Gasteiger partial charge in [-0.05, 0) is 45.9 Å². The van der Waals surface area contributed by atoms with Gasteiger partial charge in [0.05, 0.1) is 0 Å². The molecule has 0 atom stereocenters. The van der Waals surface area contributed by atoms with E-state index in [1.807, 2.05) is 34.9 Å². The zero-order chi connectivity index (χ0) is 28.7. The second kappa shape index (κ2) is 17.5. The molecule has 0 N–H and O–H groups in total. The van der Waals surface area contributed by atoms with Crippen LogP contribution in [0.15, 0.2) is 66.7 Å². The molecule has 0 aromatic heterocycles. The van der Waals surface area contributed by atoms with E-state index in [9.17, 15) is 0 Å². The zero-order valence-electron chi connectivity index (χ0n) is 26.7. The van der Waals surface area contributed by atoms with Gasteiger partial charge in [0.1, 0.15) is 0 Å². The molecule has 3 aromatic rings. The van der Waals surface area contributed by atoms with Crippen molar-refractivity contribution < 1.29 is 13.5 Å². The van der Waals surface area contributed by atoms with E-state index in [0.29, 0.717) is 23.7 Å². The number of hydrogen-bond acceptors (Lipinski definition) is 2. The van der Waals surface area contributed by atoms with Crippen molar-refractivity contribution in [3.8, 4) is 0 Å². The van der Waals surface area contributed by atoms with Crippen molar-refractivity contribution in [3.63, 3.8) is 0 Å². The Labute approximate surface area is 265 Å². The molecule has 1 aliphatic rings. The number of nitrogens with zero attached hydrogens (tertiary/aromatic N) is 2. The van der Waals surface area contributed by atoms with Gasteiger partial charge in [-0.3, -0.25) is 0 Å². The molecule has 1 heterocycles. The molecule has 2 nitrogen and oxygen atoms in total. The molecule has 0 saturated carbocycles. The number of anilines is 2. The average Bonchev–Trinajstić information content (AvgIpc) is 3.38. The van der Waals surface area contributed by atoms with Crippen LogP contribution in [0.2, 0.25) is 0 Å². The van der Waals surface area contributed by atoms with Crippen LogP contribution >= 0.6 is 19.4 Å². The summed E-state index contributed by atoms with van der Waals surface area (Å²) in [6.45, 7) is 22.9. The molecule has 0 radical (unpaired) electrons. The molecule has 0 amide bonds. The summed E-state index contributed by atoms with van der Waals surface area (Å²) >= 11 is -1.61. The fourth-order valence-corrected chi connectivity index (χ4v) is 6.96. The predicted octanol–water partition coefficient (Wildman–Crippen LogP) is 11.3. The first-order chi connectivity index (χ1) is 18.5. The van der Waals surface area contributed by atoms with Gasteiger partial charge in [0.15, 0.2) is 0 Å². The molecule has 5 heteroatoms. The van der Waals surface area contributed by atoms with E-state index in [4.69, 9.17) is 19.4 Å². The zero-order valence-corrected chi connectivity index (χ0v) is 30.0. The molecule has 0 unspecified atom stereocenters. The summed E-state index contributed by atoms with van der Waals surface area (Å²) in [5, 5.41) is 0. The van der Waals surface area contributed by atoms with Crippen LogP contribution in [-0.4, -0.2) is 17.7 Å². The Hall–Kier alpha value is -1.67. The normalized spacial score (nSPS) is 13.2. The van der Waals surface area contributed by atoms with Gasteiger partial charge in [-0.15, -0.1) is 0 Å². The third kappa shape index (κ3) is 9.94. The third-order valence-electron chi connectivity index (χ3n) is 7.11. The van der Waals surface area contributed by atoms with Crippen molar-refractivity contribution in [1.29, 1.82) is 0 Å². The van der Waals surface area contributed by atoms with E-state index in [0.717, 1.165) is 18.7 Å². The molecule has 1 saturated heterocycles. The van der Waals surface area contributed by atoms with Crippen molar-refractivity contribution in [1.82, 2.24) is 0 Å². The summed E-state index contributed by atoms with van der Waals surface area (Å²) in [5.41, 5.74) is 9.78. The monoisotopic (exact) mass is 683 g/mol. The summed E-state index contributed by atoms with van der Waals surface area (Å²) in [4.78, 5) is 5.01. The first kappa shape index (κ1) is 37.4. The van der Waals surface area contributed by atoms with Crippen LogP contribution in [0, 0.1) is 21.5 Å². The van der Waals surface area contributed by atoms with Crippen molar-refractivity contribution in [2.24, 2.45) is 0 Å². The van der Waals surface area contributed by atoms with Crippen LogP contribution in [0.5, 0.6) is 0 Å². The summed E-state index contributed by atoms with van der Waals surface area (Å²) in [5.74, 6) is 2.06. The van der Waals surface area contributed by atoms with E-state index in [2.05, 4.69) is 108 Å². The Morgan fingerprint density at radius 2 is 0.927 bits per heavy atom. The maximum absolute atomic E-state index is 5.67. The summed E-state index contributed by atoms with van der Waals surface area (Å²) in [7, 11) is 11.3. The van der Waals surface area contributed by atoms with E-state index >= 15 is 0 Å². The Morgan fingerprint density at radius 1 is 0.585 bits per heavy atom. The minimum absolute atomic E-state index is 0. The van der Waals surface area contributed by atoms with Gasteiger partial charge in [-0.1, -0.05) is 91.8 Å². The first-order valence-corrected chi connectivity index (χ1v) is 19.5. The predicted molar refractivity (Wildman–Crippen MR) is 184 cm³/mol. The molecule has 41 heavy (non-hydrogen) atoms. The summed E-state index contributed by atoms with van der Waals surface area (Å²) < 4.78 is 1.92. The molecule has 230 valence electrons. The van der Waals surface area contributed by atoms with Crippen LogP contribution in [-0.2, 0) is 13.5 Å². The van der Waals surface area contributed by atoms with Gasteiger partial charge in [0.2, 0.25) is 0 Å². The van der Waals surface area contributed by atoms with Crippen LogP contribution in [0.25, 0.3) is 0 Å². The molecular weight excluding hydrogens is 632 g/mol. The maximum atomic E-state index is 5.67. The fraction of sp³-hybridized carbons (Fsp3) is 0.389. The van der Waals surface area contributed by atoms with Gasteiger partial charge < -0.3 is 24.7 Å². The van der Waals surface area contributed by atoms with E-state index in [-0.39, 0.29) is 14.9 Å².